The van der Waals surface area contributed by atoms with Gasteiger partial charge < -0.3 is 14.9 Å². The van der Waals surface area contributed by atoms with E-state index >= 15 is 0 Å². The Balaban J connectivity index is 2.47. The van der Waals surface area contributed by atoms with E-state index in [0.29, 0.717) is 3.57 Å². The second-order valence-electron chi connectivity index (χ2n) is 6.21. The number of carbonyl (C=O) groups is 1. The molecule has 0 bridgehead atoms. The predicted molar refractivity (Wildman–Crippen MR) is 107 cm³/mol. The van der Waals surface area contributed by atoms with Crippen LogP contribution in [-0.2, 0) is 25.3 Å². The molecular weight excluding hydrogens is 486 g/mol. The molecule has 2 N–H and O–H groups in total. The van der Waals surface area contributed by atoms with Gasteiger partial charge in [0.15, 0.2) is 5.78 Å². The molecule has 0 fully saturated rings. The van der Waals surface area contributed by atoms with Crippen LogP contribution in [0.2, 0.25) is 0 Å². The molecule has 1 aromatic heterocycles. The molecule has 0 radical (unpaired) electrons. The third-order valence-corrected chi connectivity index (χ3v) is 4.86. The summed E-state index contributed by atoms with van der Waals surface area (Å²) in [6.45, 7) is -1.37. The number of aromatic nitrogens is 2. The van der Waals surface area contributed by atoms with Crippen LogP contribution in [0.15, 0.2) is 27.8 Å². The van der Waals surface area contributed by atoms with Gasteiger partial charge in [0.25, 0.3) is 5.56 Å². The quantitative estimate of drug-likeness (QED) is 0.385. The summed E-state index contributed by atoms with van der Waals surface area (Å²) < 4.78 is 21.9. The number of ether oxygens (including phenoxy) is 1. The first-order valence-electron chi connectivity index (χ1n) is 8.30. The summed E-state index contributed by atoms with van der Waals surface area (Å²) in [4.78, 5) is 37.5. The van der Waals surface area contributed by atoms with Crippen LogP contribution in [0.1, 0.15) is 21.6 Å². The maximum Gasteiger partial charge on any atom is 0.330 e. The van der Waals surface area contributed by atoms with Crippen LogP contribution in [0.25, 0.3) is 0 Å². The van der Waals surface area contributed by atoms with Gasteiger partial charge >= 0.3 is 5.69 Å². The molecule has 0 saturated carbocycles. The first kappa shape index (κ1) is 22.4. The summed E-state index contributed by atoms with van der Waals surface area (Å²) in [6, 6.07) is 4.52. The third kappa shape index (κ3) is 4.93. The third-order valence-electron chi connectivity index (χ3n) is 4.19. The molecule has 10 heteroatoms. The van der Waals surface area contributed by atoms with E-state index in [-0.39, 0.29) is 29.8 Å². The van der Waals surface area contributed by atoms with Gasteiger partial charge in [0, 0.05) is 29.8 Å². The standard InChI is InChI=1S/C18H20FIN2O6/c1-21-14(5-10-3-4-11(20)6-13(10)19)16(17(26)22(2)18(21)27)15(25)9-28-8-12(24)7-23/h3-4,6,12,23-24H,5,7-9H2,1-2H3/t12-/m0/s1. The van der Waals surface area contributed by atoms with Gasteiger partial charge in [-0.1, -0.05) is 6.07 Å². The van der Waals surface area contributed by atoms with Crippen molar-refractivity contribution in [3.8, 4) is 0 Å². The molecule has 0 unspecified atom stereocenters. The zero-order valence-electron chi connectivity index (χ0n) is 15.3. The van der Waals surface area contributed by atoms with Crippen molar-refractivity contribution in [3.63, 3.8) is 0 Å². The Labute approximate surface area is 173 Å². The van der Waals surface area contributed by atoms with E-state index in [1.807, 2.05) is 22.6 Å². The highest BCUT2D eigenvalue weighted by molar-refractivity contribution is 14.1. The van der Waals surface area contributed by atoms with Crippen molar-refractivity contribution in [1.82, 2.24) is 9.13 Å². The smallest absolute Gasteiger partial charge is 0.330 e. The van der Waals surface area contributed by atoms with E-state index in [0.717, 1.165) is 9.13 Å². The second-order valence-corrected chi connectivity index (χ2v) is 7.46. The van der Waals surface area contributed by atoms with Gasteiger partial charge in [-0.25, -0.2) is 9.18 Å². The van der Waals surface area contributed by atoms with Gasteiger partial charge in [-0.2, -0.15) is 0 Å². The summed E-state index contributed by atoms with van der Waals surface area (Å²) in [7, 11) is 2.64. The number of halogens is 2. The highest BCUT2D eigenvalue weighted by atomic mass is 127. The van der Waals surface area contributed by atoms with Crippen molar-refractivity contribution in [2.24, 2.45) is 14.1 Å². The fraction of sp³-hybridized carbons (Fsp3) is 0.389. The van der Waals surface area contributed by atoms with Gasteiger partial charge in [0.2, 0.25) is 0 Å². The Morgan fingerprint density at radius 2 is 1.96 bits per heavy atom. The normalized spacial score (nSPS) is 12.2. The number of rotatable bonds is 8. The van der Waals surface area contributed by atoms with E-state index in [2.05, 4.69) is 0 Å². The Morgan fingerprint density at radius 3 is 2.57 bits per heavy atom. The number of aliphatic hydroxyl groups excluding tert-OH is 2. The minimum atomic E-state index is -1.16. The molecule has 2 rings (SSSR count). The summed E-state index contributed by atoms with van der Waals surface area (Å²) >= 11 is 1.96. The van der Waals surface area contributed by atoms with Gasteiger partial charge in [-0.05, 0) is 40.3 Å². The molecule has 1 heterocycles. The maximum atomic E-state index is 14.3. The number of nitrogens with zero attached hydrogens (tertiary/aromatic N) is 2. The van der Waals surface area contributed by atoms with Crippen molar-refractivity contribution < 1.29 is 24.1 Å². The first-order valence-corrected chi connectivity index (χ1v) is 9.37. The number of hydrogen-bond donors (Lipinski definition) is 2. The van der Waals surface area contributed by atoms with Gasteiger partial charge in [0.1, 0.15) is 24.1 Å². The highest BCUT2D eigenvalue weighted by Crippen LogP contribution is 2.17. The molecule has 0 aliphatic carbocycles. The number of aliphatic hydroxyl groups is 2. The lowest BCUT2D eigenvalue weighted by Crippen LogP contribution is -2.43. The van der Waals surface area contributed by atoms with Crippen molar-refractivity contribution in [1.29, 1.82) is 0 Å². The van der Waals surface area contributed by atoms with Crippen molar-refractivity contribution in [3.05, 3.63) is 65.2 Å². The molecule has 8 nitrogen and oxygen atoms in total. The SMILES string of the molecule is Cn1c(Cc2ccc(I)cc2F)c(C(=O)COC[C@@H](O)CO)c(=O)n(C)c1=O. The van der Waals surface area contributed by atoms with Crippen molar-refractivity contribution >= 4 is 28.4 Å². The number of ketones is 1. The predicted octanol–water partition coefficient (Wildman–Crippen LogP) is -0.0290. The van der Waals surface area contributed by atoms with Gasteiger partial charge in [-0.15, -0.1) is 0 Å². The molecule has 0 saturated heterocycles. The summed E-state index contributed by atoms with van der Waals surface area (Å²) in [5.41, 5.74) is -1.42. The van der Waals surface area contributed by atoms with Crippen LogP contribution in [0.3, 0.4) is 0 Å². The van der Waals surface area contributed by atoms with E-state index in [4.69, 9.17) is 9.84 Å². The van der Waals surface area contributed by atoms with E-state index in [1.165, 1.54) is 26.2 Å². The lowest BCUT2D eigenvalue weighted by Gasteiger charge is -2.15. The number of carbonyl (C=O) groups excluding carboxylic acids is 1. The van der Waals surface area contributed by atoms with Crippen LogP contribution in [0, 0.1) is 9.39 Å². The maximum absolute atomic E-state index is 14.3. The average Bonchev–Trinajstić information content (AvgIpc) is 2.66. The van der Waals surface area contributed by atoms with Crippen LogP contribution in [0.5, 0.6) is 0 Å². The zero-order valence-corrected chi connectivity index (χ0v) is 17.5. The first-order chi connectivity index (χ1) is 13.2. The van der Waals surface area contributed by atoms with E-state index < -0.39 is 42.2 Å². The van der Waals surface area contributed by atoms with E-state index in [1.54, 1.807) is 6.07 Å². The summed E-state index contributed by atoms with van der Waals surface area (Å²) in [5.74, 6) is -1.22. The van der Waals surface area contributed by atoms with Gasteiger partial charge in [0.05, 0.1) is 13.2 Å². The monoisotopic (exact) mass is 506 g/mol. The molecule has 0 amide bonds. The topological polar surface area (TPSA) is 111 Å². The van der Waals surface area contributed by atoms with Crippen LogP contribution < -0.4 is 11.2 Å². The molecule has 2 aromatic rings. The Bertz CT molecular complexity index is 1000. The molecule has 0 spiro atoms. The minimum absolute atomic E-state index is 0.0736. The van der Waals surface area contributed by atoms with Crippen molar-refractivity contribution in [2.45, 2.75) is 12.5 Å². The Hall–Kier alpha value is -1.89. The molecule has 1 atom stereocenters. The lowest BCUT2D eigenvalue weighted by atomic mass is 10.0. The highest BCUT2D eigenvalue weighted by Gasteiger charge is 2.23. The molecule has 1 aromatic carbocycles. The Morgan fingerprint density at radius 1 is 1.29 bits per heavy atom. The molecule has 0 aliphatic rings. The van der Waals surface area contributed by atoms with Crippen LogP contribution >= 0.6 is 22.6 Å². The summed E-state index contributed by atoms with van der Waals surface area (Å²) in [5, 5.41) is 18.1. The molecule has 0 aliphatic heterocycles. The van der Waals surface area contributed by atoms with Crippen LogP contribution in [-0.4, -0.2) is 51.1 Å². The fourth-order valence-corrected chi connectivity index (χ4v) is 3.08. The zero-order chi connectivity index (χ0) is 21.0. The van der Waals surface area contributed by atoms with E-state index in [9.17, 15) is 23.9 Å². The van der Waals surface area contributed by atoms with Crippen molar-refractivity contribution in [2.75, 3.05) is 19.8 Å². The Kier molecular flexibility index (Phi) is 7.63. The lowest BCUT2D eigenvalue weighted by molar-refractivity contribution is 0.00887. The fourth-order valence-electron chi connectivity index (χ4n) is 2.63. The van der Waals surface area contributed by atoms with Crippen LogP contribution in [0.4, 0.5) is 4.39 Å². The molecule has 28 heavy (non-hydrogen) atoms. The number of Topliss-reactive ketones (excluding diaryl/α,β-unsaturated/α-hetero) is 1. The number of hydrogen-bond acceptors (Lipinski definition) is 6. The largest absolute Gasteiger partial charge is 0.394 e. The summed E-state index contributed by atoms with van der Waals surface area (Å²) in [6.07, 6.45) is -1.29. The van der Waals surface area contributed by atoms with Gasteiger partial charge in [-0.3, -0.25) is 18.7 Å². The average molecular weight is 506 g/mol. The molecular formula is C18H20FIN2O6. The molecule has 152 valence electrons. The number of benzene rings is 1. The second kappa shape index (κ2) is 9.54. The minimum Gasteiger partial charge on any atom is -0.394 e.